The molecule has 9 heteroatoms. The number of fused-ring (bicyclic) bond motifs is 1. The number of nitrogens with zero attached hydrogens (tertiary/aromatic N) is 6. The zero-order valence-corrected chi connectivity index (χ0v) is 16.7. The molecule has 1 aliphatic rings. The molecule has 0 unspecified atom stereocenters. The van der Waals surface area contributed by atoms with Crippen molar-refractivity contribution in [2.75, 3.05) is 25.7 Å². The first-order chi connectivity index (χ1) is 14.7. The van der Waals surface area contributed by atoms with Crippen LogP contribution in [0, 0.1) is 5.92 Å². The van der Waals surface area contributed by atoms with Gasteiger partial charge in [-0.1, -0.05) is 0 Å². The van der Waals surface area contributed by atoms with Crippen molar-refractivity contribution in [3.63, 3.8) is 0 Å². The van der Waals surface area contributed by atoms with Gasteiger partial charge in [-0.05, 0) is 47.4 Å². The Morgan fingerprint density at radius 1 is 1.00 bits per heavy atom. The lowest BCUT2D eigenvalue weighted by Gasteiger charge is -2.26. The molecular weight excluding hydrogens is 382 g/mol. The summed E-state index contributed by atoms with van der Waals surface area (Å²) in [5, 5.41) is 13.9. The van der Waals surface area contributed by atoms with Crippen LogP contribution in [0.5, 0.6) is 11.5 Å². The molecule has 0 saturated heterocycles. The van der Waals surface area contributed by atoms with Crippen molar-refractivity contribution < 1.29 is 9.47 Å². The van der Waals surface area contributed by atoms with Crippen molar-refractivity contribution in [1.82, 2.24) is 30.6 Å². The number of anilines is 2. The molecule has 1 saturated carbocycles. The minimum atomic E-state index is 0.488. The normalized spacial score (nSPS) is 13.4. The van der Waals surface area contributed by atoms with E-state index in [-0.39, 0.29) is 0 Å². The van der Waals surface area contributed by atoms with E-state index in [1.54, 1.807) is 20.4 Å². The Morgan fingerprint density at radius 2 is 1.80 bits per heavy atom. The molecule has 0 radical (unpaired) electrons. The van der Waals surface area contributed by atoms with E-state index in [1.165, 1.54) is 12.8 Å². The Bertz CT molecular complexity index is 1150. The van der Waals surface area contributed by atoms with Gasteiger partial charge in [0.2, 0.25) is 0 Å². The average molecular weight is 403 g/mol. The van der Waals surface area contributed by atoms with E-state index in [0.717, 1.165) is 40.5 Å². The fourth-order valence-electron chi connectivity index (χ4n) is 3.42. The number of aromatic amines is 1. The minimum absolute atomic E-state index is 0.488. The number of hydrogen-bond acceptors (Lipinski definition) is 8. The van der Waals surface area contributed by atoms with Crippen LogP contribution in [-0.2, 0) is 0 Å². The second-order valence-corrected chi connectivity index (χ2v) is 7.30. The molecule has 2 aromatic heterocycles. The van der Waals surface area contributed by atoms with Crippen LogP contribution in [0.2, 0.25) is 0 Å². The van der Waals surface area contributed by atoms with Gasteiger partial charge < -0.3 is 14.4 Å². The lowest BCUT2D eigenvalue weighted by atomic mass is 10.2. The summed E-state index contributed by atoms with van der Waals surface area (Å²) in [4.78, 5) is 11.5. The lowest BCUT2D eigenvalue weighted by Crippen LogP contribution is -2.20. The topological polar surface area (TPSA) is 102 Å². The molecule has 4 aromatic rings. The Balaban J connectivity index is 1.58. The molecule has 9 nitrogen and oxygen atoms in total. The van der Waals surface area contributed by atoms with Crippen molar-refractivity contribution in [1.29, 1.82) is 0 Å². The molecule has 2 heterocycles. The predicted molar refractivity (Wildman–Crippen MR) is 112 cm³/mol. The molecule has 5 rings (SSSR count). The summed E-state index contributed by atoms with van der Waals surface area (Å²) in [7, 11) is 3.32. The van der Waals surface area contributed by atoms with E-state index >= 15 is 0 Å². The van der Waals surface area contributed by atoms with E-state index in [4.69, 9.17) is 14.5 Å². The van der Waals surface area contributed by atoms with E-state index in [2.05, 4.69) is 36.6 Å². The summed E-state index contributed by atoms with van der Waals surface area (Å²) in [5.41, 5.74) is 4.23. The lowest BCUT2D eigenvalue weighted by molar-refractivity contribution is 0.394. The summed E-state index contributed by atoms with van der Waals surface area (Å²) < 4.78 is 11.0. The highest BCUT2D eigenvalue weighted by Gasteiger charge is 2.26. The third-order valence-electron chi connectivity index (χ3n) is 5.21. The molecule has 1 aliphatic carbocycles. The second-order valence-electron chi connectivity index (χ2n) is 7.30. The van der Waals surface area contributed by atoms with Gasteiger partial charge >= 0.3 is 0 Å². The van der Waals surface area contributed by atoms with Gasteiger partial charge in [-0.25, -0.2) is 10.1 Å². The largest absolute Gasteiger partial charge is 0.497 e. The highest BCUT2D eigenvalue weighted by Crippen LogP contribution is 2.38. The van der Waals surface area contributed by atoms with Crippen LogP contribution in [0.25, 0.3) is 22.6 Å². The number of hydrogen-bond donors (Lipinski definition) is 1. The van der Waals surface area contributed by atoms with Gasteiger partial charge in [0.25, 0.3) is 0 Å². The van der Waals surface area contributed by atoms with Gasteiger partial charge in [0, 0.05) is 36.1 Å². The van der Waals surface area contributed by atoms with Gasteiger partial charge in [0.05, 0.1) is 31.4 Å². The van der Waals surface area contributed by atoms with Crippen LogP contribution in [0.3, 0.4) is 0 Å². The highest BCUT2D eigenvalue weighted by molar-refractivity contribution is 5.82. The maximum atomic E-state index is 5.48. The van der Waals surface area contributed by atoms with Crippen LogP contribution in [-0.4, -0.2) is 51.4 Å². The number of ether oxygens (including phenoxy) is 2. The summed E-state index contributed by atoms with van der Waals surface area (Å²) in [6.45, 7) is 0.918. The maximum Gasteiger partial charge on any atom is 0.199 e. The summed E-state index contributed by atoms with van der Waals surface area (Å²) >= 11 is 0. The third kappa shape index (κ3) is 3.61. The first kappa shape index (κ1) is 18.3. The van der Waals surface area contributed by atoms with E-state index < -0.39 is 0 Å². The number of rotatable bonds is 7. The van der Waals surface area contributed by atoms with Crippen molar-refractivity contribution >= 4 is 22.4 Å². The summed E-state index contributed by atoms with van der Waals surface area (Å²) in [5.74, 6) is 2.68. The molecule has 0 aliphatic heterocycles. The number of nitrogens with one attached hydrogen (secondary N) is 1. The number of H-pyrrole nitrogens is 1. The van der Waals surface area contributed by atoms with Crippen molar-refractivity contribution in [3.05, 3.63) is 42.6 Å². The zero-order chi connectivity index (χ0) is 20.5. The fraction of sp³-hybridized carbons (Fsp3) is 0.286. The molecule has 0 atom stereocenters. The number of tetrazole rings is 1. The Labute approximate surface area is 173 Å². The van der Waals surface area contributed by atoms with Crippen molar-refractivity contribution in [2.24, 2.45) is 5.92 Å². The number of aromatic nitrogens is 6. The average Bonchev–Trinajstić information content (AvgIpc) is 3.45. The van der Waals surface area contributed by atoms with Gasteiger partial charge in [-0.3, -0.25) is 4.98 Å². The van der Waals surface area contributed by atoms with Crippen LogP contribution in [0.15, 0.2) is 42.6 Å². The molecule has 2 aromatic carbocycles. The molecule has 1 N–H and O–H groups in total. The Kier molecular flexibility index (Phi) is 4.62. The number of benzene rings is 2. The first-order valence-corrected chi connectivity index (χ1v) is 9.75. The fourth-order valence-corrected chi connectivity index (χ4v) is 3.42. The van der Waals surface area contributed by atoms with E-state index in [0.29, 0.717) is 17.4 Å². The van der Waals surface area contributed by atoms with Crippen molar-refractivity contribution in [2.45, 2.75) is 12.8 Å². The molecule has 0 spiro atoms. The van der Waals surface area contributed by atoms with Gasteiger partial charge in [0.15, 0.2) is 5.82 Å². The van der Waals surface area contributed by atoms with Gasteiger partial charge in [-0.15, -0.1) is 5.10 Å². The van der Waals surface area contributed by atoms with Gasteiger partial charge in [0.1, 0.15) is 17.2 Å². The molecular formula is C21H21N7O2. The molecule has 0 amide bonds. The highest BCUT2D eigenvalue weighted by atomic mass is 16.5. The Morgan fingerprint density at radius 3 is 2.47 bits per heavy atom. The summed E-state index contributed by atoms with van der Waals surface area (Å²) in [6.07, 6.45) is 4.15. The van der Waals surface area contributed by atoms with Crippen LogP contribution >= 0.6 is 0 Å². The first-order valence-electron chi connectivity index (χ1n) is 9.75. The number of methoxy groups -OCH3 is 2. The molecule has 30 heavy (non-hydrogen) atoms. The standard InChI is InChI=1S/C21H21N7O2/c1-29-16-7-15(8-17(10-16)30-2)28(12-13-3-4-13)14-5-6-18-19(9-14)23-20(11-22-18)21-24-26-27-25-21/h5-11,13H,3-4,12H2,1-2H3,(H,24,25,26,27). The molecule has 1 fully saturated rings. The quantitative estimate of drug-likeness (QED) is 0.501. The van der Waals surface area contributed by atoms with Crippen LogP contribution < -0.4 is 14.4 Å². The summed E-state index contributed by atoms with van der Waals surface area (Å²) in [6, 6.07) is 12.0. The monoisotopic (exact) mass is 403 g/mol. The van der Waals surface area contributed by atoms with Crippen LogP contribution in [0.1, 0.15) is 12.8 Å². The van der Waals surface area contributed by atoms with Crippen molar-refractivity contribution in [3.8, 4) is 23.0 Å². The SMILES string of the molecule is COc1cc(OC)cc(N(CC2CC2)c2ccc3ncc(-c4nnn[nH]4)nc3c2)c1. The maximum absolute atomic E-state index is 5.48. The van der Waals surface area contributed by atoms with E-state index in [1.807, 2.05) is 30.3 Å². The molecule has 0 bridgehead atoms. The predicted octanol–water partition coefficient (Wildman–Crippen LogP) is 3.38. The third-order valence-corrected chi connectivity index (χ3v) is 5.21. The minimum Gasteiger partial charge on any atom is -0.497 e. The zero-order valence-electron chi connectivity index (χ0n) is 16.7. The van der Waals surface area contributed by atoms with E-state index in [9.17, 15) is 0 Å². The van der Waals surface area contributed by atoms with Crippen LogP contribution in [0.4, 0.5) is 11.4 Å². The Hall–Kier alpha value is -3.75. The molecule has 152 valence electrons. The second kappa shape index (κ2) is 7.58. The van der Waals surface area contributed by atoms with Gasteiger partial charge in [-0.2, -0.15) is 0 Å². The smallest absolute Gasteiger partial charge is 0.199 e.